The molecule has 0 radical (unpaired) electrons. The van der Waals surface area contributed by atoms with Gasteiger partial charge in [-0.05, 0) is 48.2 Å². The Labute approximate surface area is 175 Å². The molecule has 2 heterocycles. The predicted octanol–water partition coefficient (Wildman–Crippen LogP) is 2.51. The maximum atomic E-state index is 12.7. The third-order valence-electron chi connectivity index (χ3n) is 5.16. The van der Waals surface area contributed by atoms with Crippen LogP contribution in [0.15, 0.2) is 59.8 Å². The predicted molar refractivity (Wildman–Crippen MR) is 117 cm³/mol. The van der Waals surface area contributed by atoms with Crippen molar-refractivity contribution in [2.24, 2.45) is 0 Å². The fraction of sp³-hybridized carbons (Fsp3) is 0.190. The summed E-state index contributed by atoms with van der Waals surface area (Å²) in [7, 11) is -3.45. The number of nitrogens with zero attached hydrogens (tertiary/aromatic N) is 3. The van der Waals surface area contributed by atoms with Gasteiger partial charge in [0.25, 0.3) is 0 Å². The second-order valence-electron chi connectivity index (χ2n) is 7.14. The first-order valence-electron chi connectivity index (χ1n) is 9.53. The van der Waals surface area contributed by atoms with Gasteiger partial charge in [0, 0.05) is 30.4 Å². The van der Waals surface area contributed by atoms with Gasteiger partial charge in [-0.1, -0.05) is 18.2 Å². The van der Waals surface area contributed by atoms with Gasteiger partial charge in [-0.15, -0.1) is 0 Å². The fourth-order valence-corrected chi connectivity index (χ4v) is 5.01. The van der Waals surface area contributed by atoms with Gasteiger partial charge in [0.05, 0.1) is 16.3 Å². The highest BCUT2D eigenvalue weighted by Crippen LogP contribution is 2.28. The molecular weight excluding hydrogens is 400 g/mol. The van der Waals surface area contributed by atoms with E-state index >= 15 is 0 Å². The number of sulfonamides is 1. The SMILES string of the molecule is N=C(c1cc(N)ncn1)c1cc(-c2ccc(S(=O)(=O)N3CCCC3)cc2)ccc1N. The highest BCUT2D eigenvalue weighted by Gasteiger charge is 2.27. The van der Waals surface area contributed by atoms with Crippen LogP contribution in [0.1, 0.15) is 24.1 Å². The maximum absolute atomic E-state index is 12.7. The minimum atomic E-state index is -3.45. The molecule has 1 aliphatic heterocycles. The minimum absolute atomic E-state index is 0.136. The molecule has 2 aromatic carbocycles. The van der Waals surface area contributed by atoms with Crippen molar-refractivity contribution in [1.29, 1.82) is 5.41 Å². The van der Waals surface area contributed by atoms with E-state index in [1.165, 1.54) is 16.7 Å². The van der Waals surface area contributed by atoms with E-state index in [1.807, 2.05) is 6.07 Å². The standard InChI is InChI=1S/C21H22N6O2S/c22-18-8-5-15(11-17(18)21(24)19-12-20(23)26-13-25-19)14-3-6-16(7-4-14)30(28,29)27-9-1-2-10-27/h3-8,11-13,24H,1-2,9-10,22H2,(H2,23,25,26). The average Bonchev–Trinajstić information content (AvgIpc) is 3.30. The van der Waals surface area contributed by atoms with E-state index in [1.54, 1.807) is 36.4 Å². The number of hydrogen-bond donors (Lipinski definition) is 3. The lowest BCUT2D eigenvalue weighted by molar-refractivity contribution is 0.477. The lowest BCUT2D eigenvalue weighted by Gasteiger charge is -2.16. The Bertz CT molecular complexity index is 1200. The summed E-state index contributed by atoms with van der Waals surface area (Å²) >= 11 is 0. The number of nitrogens with two attached hydrogens (primary N) is 2. The number of nitrogen functional groups attached to an aromatic ring is 2. The van der Waals surface area contributed by atoms with Crippen LogP contribution in [0.2, 0.25) is 0 Å². The molecule has 5 N–H and O–H groups in total. The lowest BCUT2D eigenvalue weighted by atomic mass is 9.98. The molecule has 4 rings (SSSR count). The summed E-state index contributed by atoms with van der Waals surface area (Å²) in [4.78, 5) is 8.22. The summed E-state index contributed by atoms with van der Waals surface area (Å²) in [5.41, 5.74) is 14.9. The zero-order valence-electron chi connectivity index (χ0n) is 16.2. The van der Waals surface area contributed by atoms with Crippen molar-refractivity contribution >= 4 is 27.2 Å². The van der Waals surface area contributed by atoms with Gasteiger partial charge in [-0.3, -0.25) is 5.41 Å². The number of anilines is 2. The van der Waals surface area contributed by atoms with E-state index < -0.39 is 10.0 Å². The van der Waals surface area contributed by atoms with E-state index in [-0.39, 0.29) is 16.4 Å². The van der Waals surface area contributed by atoms with Gasteiger partial charge in [0.1, 0.15) is 12.1 Å². The normalized spacial score (nSPS) is 14.7. The maximum Gasteiger partial charge on any atom is 0.243 e. The van der Waals surface area contributed by atoms with Crippen molar-refractivity contribution in [2.75, 3.05) is 24.6 Å². The van der Waals surface area contributed by atoms with Crippen LogP contribution >= 0.6 is 0 Å². The number of aromatic nitrogens is 2. The summed E-state index contributed by atoms with van der Waals surface area (Å²) < 4.78 is 27.0. The molecule has 1 aliphatic rings. The molecule has 0 saturated carbocycles. The average molecular weight is 423 g/mol. The highest BCUT2D eigenvalue weighted by atomic mass is 32.2. The van der Waals surface area contributed by atoms with Crippen molar-refractivity contribution in [3.63, 3.8) is 0 Å². The first-order valence-corrected chi connectivity index (χ1v) is 11.0. The largest absolute Gasteiger partial charge is 0.398 e. The van der Waals surface area contributed by atoms with E-state index in [9.17, 15) is 8.42 Å². The summed E-state index contributed by atoms with van der Waals surface area (Å²) in [6, 6.07) is 13.6. The quantitative estimate of drug-likeness (QED) is 0.426. The Balaban J connectivity index is 1.65. The van der Waals surface area contributed by atoms with Gasteiger partial charge >= 0.3 is 0 Å². The zero-order chi connectivity index (χ0) is 21.3. The Kier molecular flexibility index (Phi) is 5.23. The van der Waals surface area contributed by atoms with Crippen LogP contribution in [-0.4, -0.2) is 41.5 Å². The molecular formula is C21H22N6O2S. The van der Waals surface area contributed by atoms with Gasteiger partial charge in [-0.25, -0.2) is 18.4 Å². The number of rotatable bonds is 5. The van der Waals surface area contributed by atoms with Crippen LogP contribution in [0.4, 0.5) is 11.5 Å². The summed E-state index contributed by atoms with van der Waals surface area (Å²) in [6.45, 7) is 1.14. The van der Waals surface area contributed by atoms with Crippen LogP contribution in [0, 0.1) is 5.41 Å². The minimum Gasteiger partial charge on any atom is -0.398 e. The first kappa shape index (κ1) is 20.0. The van der Waals surface area contributed by atoms with Crippen LogP contribution < -0.4 is 11.5 Å². The van der Waals surface area contributed by atoms with Crippen molar-refractivity contribution in [3.8, 4) is 11.1 Å². The molecule has 9 heteroatoms. The molecule has 1 saturated heterocycles. The molecule has 0 aliphatic carbocycles. The van der Waals surface area contributed by atoms with Crippen LogP contribution in [0.3, 0.4) is 0 Å². The molecule has 0 atom stereocenters. The highest BCUT2D eigenvalue weighted by molar-refractivity contribution is 7.89. The Morgan fingerprint density at radius 3 is 2.27 bits per heavy atom. The molecule has 0 unspecified atom stereocenters. The third kappa shape index (κ3) is 3.77. The molecule has 1 fully saturated rings. The number of hydrogen-bond acceptors (Lipinski definition) is 7. The lowest BCUT2D eigenvalue weighted by Crippen LogP contribution is -2.27. The molecule has 0 bridgehead atoms. The van der Waals surface area contributed by atoms with E-state index in [4.69, 9.17) is 16.9 Å². The molecule has 0 amide bonds. The Hall–Kier alpha value is -3.30. The van der Waals surface area contributed by atoms with Crippen molar-refractivity contribution < 1.29 is 8.42 Å². The second-order valence-corrected chi connectivity index (χ2v) is 9.08. The second kappa shape index (κ2) is 7.85. The zero-order valence-corrected chi connectivity index (χ0v) is 17.1. The van der Waals surface area contributed by atoms with Gasteiger partial charge in [0.2, 0.25) is 10.0 Å². The fourth-order valence-electron chi connectivity index (χ4n) is 3.50. The summed E-state index contributed by atoms with van der Waals surface area (Å²) in [5, 5.41) is 8.47. The van der Waals surface area contributed by atoms with Crippen molar-refractivity contribution in [2.45, 2.75) is 17.7 Å². The molecule has 30 heavy (non-hydrogen) atoms. The topological polar surface area (TPSA) is 139 Å². The van der Waals surface area contributed by atoms with Crippen molar-refractivity contribution in [3.05, 3.63) is 66.1 Å². The van der Waals surface area contributed by atoms with Gasteiger partial charge in [-0.2, -0.15) is 4.31 Å². The molecule has 0 spiro atoms. The van der Waals surface area contributed by atoms with Crippen LogP contribution in [-0.2, 0) is 10.0 Å². The van der Waals surface area contributed by atoms with E-state index in [2.05, 4.69) is 9.97 Å². The summed E-state index contributed by atoms with van der Waals surface area (Å²) in [6.07, 6.45) is 3.10. The van der Waals surface area contributed by atoms with E-state index in [0.29, 0.717) is 30.0 Å². The number of nitrogens with one attached hydrogen (secondary N) is 1. The number of benzene rings is 2. The third-order valence-corrected chi connectivity index (χ3v) is 7.07. The van der Waals surface area contributed by atoms with Crippen molar-refractivity contribution in [1.82, 2.24) is 14.3 Å². The van der Waals surface area contributed by atoms with Crippen LogP contribution in [0.5, 0.6) is 0 Å². The molecule has 8 nitrogen and oxygen atoms in total. The molecule has 3 aromatic rings. The monoisotopic (exact) mass is 422 g/mol. The molecule has 1 aromatic heterocycles. The van der Waals surface area contributed by atoms with Crippen LogP contribution in [0.25, 0.3) is 11.1 Å². The Morgan fingerprint density at radius 1 is 0.933 bits per heavy atom. The summed E-state index contributed by atoms with van der Waals surface area (Å²) in [5.74, 6) is 0.272. The van der Waals surface area contributed by atoms with E-state index in [0.717, 1.165) is 24.0 Å². The first-order chi connectivity index (χ1) is 14.4. The van der Waals surface area contributed by atoms with Gasteiger partial charge in [0.15, 0.2) is 0 Å². The smallest absolute Gasteiger partial charge is 0.243 e. The molecule has 154 valence electrons. The Morgan fingerprint density at radius 2 is 1.60 bits per heavy atom. The van der Waals surface area contributed by atoms with Gasteiger partial charge < -0.3 is 11.5 Å².